The average Bonchev–Trinajstić information content (AvgIpc) is 3.46. The number of hydrogen-bond acceptors (Lipinski definition) is 3. The molecular formula is C26H22FN3O2S. The minimum atomic E-state index is -0.239. The maximum Gasteiger partial charge on any atom is 0.231 e. The van der Waals surface area contributed by atoms with Crippen molar-refractivity contribution in [1.29, 1.82) is 0 Å². The number of nitrogens with one attached hydrogen (secondary N) is 2. The summed E-state index contributed by atoms with van der Waals surface area (Å²) in [6, 6.07) is 21.0. The fraction of sp³-hybridized carbons (Fsp3) is 0.192. The Balaban J connectivity index is 1.38. The molecule has 3 heterocycles. The number of H-pyrrole nitrogens is 1. The molecule has 1 aromatic heterocycles. The highest BCUT2D eigenvalue weighted by Gasteiger charge is 2.34. The molecule has 1 atom stereocenters. The zero-order valence-corrected chi connectivity index (χ0v) is 18.6. The van der Waals surface area contributed by atoms with Gasteiger partial charge in [-0.05, 0) is 54.0 Å². The second kappa shape index (κ2) is 8.08. The number of rotatable bonds is 3. The maximum absolute atomic E-state index is 14.1. The summed E-state index contributed by atoms with van der Waals surface area (Å²) in [4.78, 5) is 5.81. The lowest BCUT2D eigenvalue weighted by molar-refractivity contribution is 0.174. The van der Waals surface area contributed by atoms with E-state index in [4.69, 9.17) is 21.7 Å². The van der Waals surface area contributed by atoms with Crippen LogP contribution in [0.15, 0.2) is 66.7 Å². The van der Waals surface area contributed by atoms with Crippen molar-refractivity contribution in [3.05, 3.63) is 94.9 Å². The number of fused-ring (bicyclic) bond motifs is 4. The Kier molecular flexibility index (Phi) is 4.91. The highest BCUT2D eigenvalue weighted by Crippen LogP contribution is 2.42. The standard InChI is InChI=1S/C26H22FN3O2S/c27-20-7-3-1-5-17(20)14-28-26(33)30-12-11-19-18-6-2-4-8-21(18)29-24(19)25(30)16-9-10-22-23(13-16)32-15-31-22/h1-10,13,25,29H,11-12,14-15H2,(H,28,33). The van der Waals surface area contributed by atoms with Gasteiger partial charge in [0.05, 0.1) is 6.04 Å². The average molecular weight is 460 g/mol. The van der Waals surface area contributed by atoms with Crippen molar-refractivity contribution in [1.82, 2.24) is 15.2 Å². The number of ether oxygens (including phenoxy) is 2. The number of halogens is 1. The lowest BCUT2D eigenvalue weighted by atomic mass is 9.92. The van der Waals surface area contributed by atoms with Gasteiger partial charge in [0, 0.05) is 35.2 Å². The molecule has 3 aromatic carbocycles. The predicted octanol–water partition coefficient (Wildman–Crippen LogP) is 5.06. The van der Waals surface area contributed by atoms with E-state index in [9.17, 15) is 4.39 Å². The predicted molar refractivity (Wildman–Crippen MR) is 129 cm³/mol. The van der Waals surface area contributed by atoms with Crippen LogP contribution in [0.5, 0.6) is 11.5 Å². The largest absolute Gasteiger partial charge is 0.454 e. The molecule has 4 aromatic rings. The fourth-order valence-electron chi connectivity index (χ4n) is 4.80. The highest BCUT2D eigenvalue weighted by atomic mass is 32.1. The lowest BCUT2D eigenvalue weighted by Crippen LogP contribution is -2.45. The normalized spacial score (nSPS) is 16.6. The zero-order valence-electron chi connectivity index (χ0n) is 17.8. The topological polar surface area (TPSA) is 49.5 Å². The van der Waals surface area contributed by atoms with Gasteiger partial charge in [0.25, 0.3) is 0 Å². The van der Waals surface area contributed by atoms with Crippen LogP contribution < -0.4 is 14.8 Å². The van der Waals surface area contributed by atoms with Crippen LogP contribution in [-0.2, 0) is 13.0 Å². The van der Waals surface area contributed by atoms with Crippen LogP contribution in [0.25, 0.3) is 10.9 Å². The smallest absolute Gasteiger partial charge is 0.231 e. The van der Waals surface area contributed by atoms with Crippen LogP contribution in [0.2, 0.25) is 0 Å². The van der Waals surface area contributed by atoms with Gasteiger partial charge in [-0.25, -0.2) is 4.39 Å². The first-order valence-corrected chi connectivity index (χ1v) is 11.4. The third kappa shape index (κ3) is 3.49. The molecule has 166 valence electrons. The summed E-state index contributed by atoms with van der Waals surface area (Å²) < 4.78 is 25.3. The number of para-hydroxylation sites is 1. The maximum atomic E-state index is 14.1. The molecule has 6 rings (SSSR count). The van der Waals surface area contributed by atoms with E-state index in [1.165, 1.54) is 17.0 Å². The van der Waals surface area contributed by atoms with Crippen molar-refractivity contribution in [2.45, 2.75) is 19.0 Å². The number of aromatic amines is 1. The molecule has 0 saturated heterocycles. The summed E-state index contributed by atoms with van der Waals surface area (Å²) in [7, 11) is 0. The summed E-state index contributed by atoms with van der Waals surface area (Å²) in [5.74, 6) is 1.25. The molecule has 0 aliphatic carbocycles. The van der Waals surface area contributed by atoms with Crippen LogP contribution in [0.1, 0.15) is 28.4 Å². The number of thiocarbonyl (C=S) groups is 1. The minimum Gasteiger partial charge on any atom is -0.454 e. The van der Waals surface area contributed by atoms with Crippen LogP contribution in [0.4, 0.5) is 4.39 Å². The van der Waals surface area contributed by atoms with E-state index in [0.717, 1.165) is 41.2 Å². The van der Waals surface area contributed by atoms with Gasteiger partial charge in [0.15, 0.2) is 16.6 Å². The van der Waals surface area contributed by atoms with Gasteiger partial charge in [0.1, 0.15) is 5.82 Å². The Hall–Kier alpha value is -3.58. The SMILES string of the molecule is Fc1ccccc1CNC(=S)N1CCc2c([nH]c3ccccc23)C1c1ccc2c(c1)OCO2. The fourth-order valence-corrected chi connectivity index (χ4v) is 5.07. The number of benzene rings is 3. The van der Waals surface area contributed by atoms with E-state index in [-0.39, 0.29) is 18.7 Å². The molecule has 0 radical (unpaired) electrons. The Morgan fingerprint density at radius 3 is 2.79 bits per heavy atom. The molecule has 0 spiro atoms. The molecule has 2 aliphatic rings. The molecule has 1 unspecified atom stereocenters. The minimum absolute atomic E-state index is 0.128. The molecule has 0 fully saturated rings. The Labute approximate surface area is 196 Å². The van der Waals surface area contributed by atoms with Gasteiger partial charge in [0.2, 0.25) is 6.79 Å². The van der Waals surface area contributed by atoms with Gasteiger partial charge in [-0.3, -0.25) is 0 Å². The van der Waals surface area contributed by atoms with Crippen LogP contribution in [0, 0.1) is 5.82 Å². The number of nitrogens with zero attached hydrogens (tertiary/aromatic N) is 1. The van der Waals surface area contributed by atoms with Crippen LogP contribution in [-0.4, -0.2) is 28.3 Å². The van der Waals surface area contributed by atoms with Crippen molar-refractivity contribution in [3.8, 4) is 11.5 Å². The Morgan fingerprint density at radius 2 is 1.88 bits per heavy atom. The summed E-state index contributed by atoms with van der Waals surface area (Å²) in [5.41, 5.74) is 5.18. The highest BCUT2D eigenvalue weighted by molar-refractivity contribution is 7.80. The van der Waals surface area contributed by atoms with Crippen molar-refractivity contribution < 1.29 is 13.9 Å². The Bertz CT molecular complexity index is 1370. The number of hydrogen-bond donors (Lipinski definition) is 2. The molecule has 0 saturated carbocycles. The van der Waals surface area contributed by atoms with Crippen molar-refractivity contribution in [3.63, 3.8) is 0 Å². The van der Waals surface area contributed by atoms with Gasteiger partial charge < -0.3 is 24.7 Å². The second-order valence-electron chi connectivity index (χ2n) is 8.27. The molecule has 0 amide bonds. The summed E-state index contributed by atoms with van der Waals surface area (Å²) in [6.07, 6.45) is 0.863. The van der Waals surface area contributed by atoms with Crippen molar-refractivity contribution in [2.24, 2.45) is 0 Å². The zero-order chi connectivity index (χ0) is 22.4. The lowest BCUT2D eigenvalue weighted by Gasteiger charge is -2.38. The first kappa shape index (κ1) is 20.1. The third-order valence-electron chi connectivity index (χ3n) is 6.40. The third-order valence-corrected chi connectivity index (χ3v) is 6.77. The Morgan fingerprint density at radius 1 is 1.06 bits per heavy atom. The monoisotopic (exact) mass is 459 g/mol. The molecule has 33 heavy (non-hydrogen) atoms. The van der Waals surface area contributed by atoms with E-state index >= 15 is 0 Å². The molecule has 2 aliphatic heterocycles. The van der Waals surface area contributed by atoms with Gasteiger partial charge in [-0.1, -0.05) is 42.5 Å². The molecule has 2 N–H and O–H groups in total. The van der Waals surface area contributed by atoms with Gasteiger partial charge >= 0.3 is 0 Å². The summed E-state index contributed by atoms with van der Waals surface area (Å²) >= 11 is 5.83. The molecule has 7 heteroatoms. The van der Waals surface area contributed by atoms with Gasteiger partial charge in [-0.15, -0.1) is 0 Å². The summed E-state index contributed by atoms with van der Waals surface area (Å²) in [6.45, 7) is 1.31. The molecule has 5 nitrogen and oxygen atoms in total. The number of aromatic nitrogens is 1. The van der Waals surface area contributed by atoms with E-state index in [2.05, 4.69) is 39.5 Å². The quantitative estimate of drug-likeness (QED) is 0.420. The first-order valence-electron chi connectivity index (χ1n) is 11.0. The van der Waals surface area contributed by atoms with Crippen LogP contribution >= 0.6 is 12.2 Å². The van der Waals surface area contributed by atoms with E-state index in [1.807, 2.05) is 24.3 Å². The van der Waals surface area contributed by atoms with Gasteiger partial charge in [-0.2, -0.15) is 0 Å². The van der Waals surface area contributed by atoms with E-state index in [0.29, 0.717) is 17.2 Å². The summed E-state index contributed by atoms with van der Waals surface area (Å²) in [5, 5.41) is 5.10. The molecular weight excluding hydrogens is 437 g/mol. The van der Waals surface area contributed by atoms with E-state index < -0.39 is 0 Å². The molecule has 0 bridgehead atoms. The van der Waals surface area contributed by atoms with E-state index in [1.54, 1.807) is 12.1 Å². The van der Waals surface area contributed by atoms with Crippen molar-refractivity contribution >= 4 is 28.2 Å². The van der Waals surface area contributed by atoms with Crippen LogP contribution in [0.3, 0.4) is 0 Å². The first-order chi connectivity index (χ1) is 16.2. The van der Waals surface area contributed by atoms with Crippen molar-refractivity contribution in [2.75, 3.05) is 13.3 Å². The second-order valence-corrected chi connectivity index (χ2v) is 8.66.